The van der Waals surface area contributed by atoms with Gasteiger partial charge in [0.1, 0.15) is 11.4 Å². The zero-order valence-corrected chi connectivity index (χ0v) is 10.6. The predicted octanol–water partition coefficient (Wildman–Crippen LogP) is 1.95. The van der Waals surface area contributed by atoms with Crippen LogP contribution in [0.4, 0.5) is 11.4 Å². The lowest BCUT2D eigenvalue weighted by Gasteiger charge is -2.28. The fraction of sp³-hybridized carbons (Fsp3) is 0.133. The summed E-state index contributed by atoms with van der Waals surface area (Å²) in [6.45, 7) is -0.500. The maximum atomic E-state index is 8.25. The maximum absolute atomic E-state index is 8.25. The highest BCUT2D eigenvalue weighted by molar-refractivity contribution is 5.56. The molecule has 0 aliphatic rings. The first-order chi connectivity index (χ1) is 8.62. The Labute approximate surface area is 108 Å². The van der Waals surface area contributed by atoms with Gasteiger partial charge in [0.25, 0.3) is 0 Å². The van der Waals surface area contributed by atoms with Gasteiger partial charge in [0.2, 0.25) is 0 Å². The van der Waals surface area contributed by atoms with Gasteiger partial charge in [-0.15, -0.1) is 0 Å². The van der Waals surface area contributed by atoms with E-state index in [4.69, 9.17) is 9.90 Å². The Morgan fingerprint density at radius 1 is 0.833 bits per heavy atom. The summed E-state index contributed by atoms with van der Waals surface area (Å²) in [4.78, 5) is 8.25. The number of hydrogen-bond donors (Lipinski definition) is 0. The Balaban J connectivity index is 0.000000492. The molecule has 0 amide bonds. The third kappa shape index (κ3) is 3.43. The van der Waals surface area contributed by atoms with Crippen LogP contribution in [0, 0.1) is 0 Å². The second kappa shape index (κ2) is 6.57. The average Bonchev–Trinajstić information content (AvgIpc) is 2.42. The van der Waals surface area contributed by atoms with Crippen molar-refractivity contribution < 1.29 is 9.90 Å². The zero-order chi connectivity index (χ0) is 13.4. The highest BCUT2D eigenvalue weighted by Gasteiger charge is 2.20. The molecular formula is C15H17NO2. The molecule has 0 aromatic heterocycles. The van der Waals surface area contributed by atoms with E-state index in [1.54, 1.807) is 0 Å². The van der Waals surface area contributed by atoms with Gasteiger partial charge in [-0.05, 0) is 24.3 Å². The highest BCUT2D eigenvalue weighted by Crippen LogP contribution is 2.29. The van der Waals surface area contributed by atoms with Gasteiger partial charge < -0.3 is 9.90 Å². The minimum atomic E-state index is -0.500. The van der Waals surface area contributed by atoms with Crippen LogP contribution in [0.25, 0.3) is 0 Å². The minimum absolute atomic E-state index is 0.500. The van der Waals surface area contributed by atoms with E-state index in [1.807, 2.05) is 0 Å². The van der Waals surface area contributed by atoms with Gasteiger partial charge >= 0.3 is 0 Å². The summed E-state index contributed by atoms with van der Waals surface area (Å²) < 4.78 is 0.779. The number of carbonyl (C=O) groups is 1. The molecular weight excluding hydrogens is 226 g/mol. The van der Waals surface area contributed by atoms with E-state index in [1.165, 1.54) is 11.4 Å². The maximum Gasteiger partial charge on any atom is 0.137 e. The summed E-state index contributed by atoms with van der Waals surface area (Å²) in [5.41, 5.74) is 2.59. The molecule has 0 aliphatic carbocycles. The predicted molar refractivity (Wildman–Crippen MR) is 72.3 cm³/mol. The molecule has 0 heterocycles. The third-order valence-corrected chi connectivity index (χ3v) is 2.80. The van der Waals surface area contributed by atoms with Crippen molar-refractivity contribution in [1.29, 1.82) is 0 Å². The fourth-order valence-corrected chi connectivity index (χ4v) is 1.75. The summed E-state index contributed by atoms with van der Waals surface area (Å²) in [5, 5.41) is 8.25. The van der Waals surface area contributed by atoms with Crippen molar-refractivity contribution in [1.82, 2.24) is 4.48 Å². The Bertz CT molecular complexity index is 425. The molecule has 2 aromatic rings. The molecule has 94 valence electrons. The minimum Gasteiger partial charge on any atom is -0.554 e. The van der Waals surface area contributed by atoms with E-state index in [0.29, 0.717) is 0 Å². The van der Waals surface area contributed by atoms with Gasteiger partial charge in [-0.1, -0.05) is 36.4 Å². The number of quaternary nitrogens is 1. The lowest BCUT2D eigenvalue weighted by Crippen LogP contribution is -2.33. The van der Waals surface area contributed by atoms with Crippen LogP contribution in [0.15, 0.2) is 60.7 Å². The molecule has 0 fully saturated rings. The first-order valence-corrected chi connectivity index (χ1v) is 5.63. The van der Waals surface area contributed by atoms with Crippen molar-refractivity contribution >= 4 is 17.8 Å². The van der Waals surface area contributed by atoms with Crippen LogP contribution in [-0.2, 0) is 4.79 Å². The zero-order valence-electron chi connectivity index (χ0n) is 10.6. The molecule has 2 aromatic carbocycles. The molecule has 0 saturated carbocycles. The molecule has 3 heteroatoms. The highest BCUT2D eigenvalue weighted by atomic mass is 16.3. The summed E-state index contributed by atoms with van der Waals surface area (Å²) in [5.74, 6) is 0. The van der Waals surface area contributed by atoms with Crippen molar-refractivity contribution in [3.8, 4) is 0 Å². The Kier molecular flexibility index (Phi) is 5.08. The van der Waals surface area contributed by atoms with Gasteiger partial charge in [-0.3, -0.25) is 4.48 Å². The third-order valence-electron chi connectivity index (χ3n) is 2.80. The number of para-hydroxylation sites is 2. The second-order valence-corrected chi connectivity index (χ2v) is 4.22. The fourth-order valence-electron chi connectivity index (χ4n) is 1.75. The van der Waals surface area contributed by atoms with Gasteiger partial charge in [-0.2, -0.15) is 0 Å². The molecule has 0 spiro atoms. The van der Waals surface area contributed by atoms with E-state index >= 15 is 0 Å². The van der Waals surface area contributed by atoms with Crippen LogP contribution in [0.2, 0.25) is 0 Å². The number of rotatable bonds is 2. The van der Waals surface area contributed by atoms with Crippen LogP contribution in [0.3, 0.4) is 0 Å². The van der Waals surface area contributed by atoms with Crippen LogP contribution in [0.1, 0.15) is 0 Å². The van der Waals surface area contributed by atoms with E-state index in [9.17, 15) is 0 Å². The second-order valence-electron chi connectivity index (χ2n) is 4.22. The van der Waals surface area contributed by atoms with Crippen LogP contribution in [-0.4, -0.2) is 20.6 Å². The SMILES string of the molecule is C[N+](C)(c1ccccc1)c1ccccc1.O=C[O-]. The molecule has 0 bridgehead atoms. The number of hydrogen-bond acceptors (Lipinski definition) is 2. The van der Waals surface area contributed by atoms with Gasteiger partial charge in [0, 0.05) is 6.47 Å². The van der Waals surface area contributed by atoms with Crippen molar-refractivity contribution in [2.45, 2.75) is 0 Å². The molecule has 3 nitrogen and oxygen atoms in total. The van der Waals surface area contributed by atoms with Crippen LogP contribution < -0.4 is 9.59 Å². The van der Waals surface area contributed by atoms with E-state index in [0.717, 1.165) is 4.48 Å². The Morgan fingerprint density at radius 3 is 1.39 bits per heavy atom. The van der Waals surface area contributed by atoms with Gasteiger partial charge in [0.05, 0.1) is 14.1 Å². The molecule has 0 N–H and O–H groups in total. The lowest BCUT2D eigenvalue weighted by atomic mass is 10.2. The Hall–Kier alpha value is -2.13. The topological polar surface area (TPSA) is 40.1 Å². The quantitative estimate of drug-likeness (QED) is 0.597. The van der Waals surface area contributed by atoms with Crippen molar-refractivity contribution in [3.63, 3.8) is 0 Å². The molecule has 18 heavy (non-hydrogen) atoms. The van der Waals surface area contributed by atoms with Crippen LogP contribution >= 0.6 is 0 Å². The van der Waals surface area contributed by atoms with Crippen LogP contribution in [0.5, 0.6) is 0 Å². The molecule has 0 unspecified atom stereocenters. The molecule has 0 aliphatic heterocycles. The number of carbonyl (C=O) groups excluding carboxylic acids is 1. The van der Waals surface area contributed by atoms with E-state index in [2.05, 4.69) is 74.8 Å². The smallest absolute Gasteiger partial charge is 0.137 e. The molecule has 0 radical (unpaired) electrons. The van der Waals surface area contributed by atoms with Crippen molar-refractivity contribution in [2.24, 2.45) is 0 Å². The summed E-state index contributed by atoms with van der Waals surface area (Å²) >= 11 is 0. The lowest BCUT2D eigenvalue weighted by molar-refractivity contribution is -0.283. The summed E-state index contributed by atoms with van der Waals surface area (Å²) in [6, 6.07) is 21.1. The van der Waals surface area contributed by atoms with Gasteiger partial charge in [-0.25, -0.2) is 0 Å². The molecule has 2 rings (SSSR count). The normalized spacial score (nSPS) is 10.1. The summed E-state index contributed by atoms with van der Waals surface area (Å²) in [7, 11) is 4.40. The largest absolute Gasteiger partial charge is 0.554 e. The van der Waals surface area contributed by atoms with Crippen molar-refractivity contribution in [2.75, 3.05) is 14.1 Å². The van der Waals surface area contributed by atoms with Crippen molar-refractivity contribution in [3.05, 3.63) is 60.7 Å². The number of benzene rings is 2. The molecule has 0 saturated heterocycles. The number of carboxylic acid groups (broad SMARTS) is 1. The molecule has 0 atom stereocenters. The van der Waals surface area contributed by atoms with Gasteiger partial charge in [0.15, 0.2) is 0 Å². The first-order valence-electron chi connectivity index (χ1n) is 5.63. The number of nitrogens with zero attached hydrogens (tertiary/aromatic N) is 1. The van der Waals surface area contributed by atoms with E-state index in [-0.39, 0.29) is 0 Å². The Morgan fingerprint density at radius 2 is 1.11 bits per heavy atom. The first kappa shape index (κ1) is 13.9. The van der Waals surface area contributed by atoms with E-state index < -0.39 is 6.47 Å². The average molecular weight is 243 g/mol. The monoisotopic (exact) mass is 243 g/mol. The standard InChI is InChI=1S/C14H16N.CH2O2/c1-15(2,13-9-5-3-6-10-13)14-11-7-4-8-12-14;2-1-3/h3-12H,1-2H3;1H,(H,2,3)/q+1;/p-1. The summed E-state index contributed by atoms with van der Waals surface area (Å²) in [6.07, 6.45) is 0.